The van der Waals surface area contributed by atoms with E-state index in [1.54, 1.807) is 31.2 Å². The standard InChI is InChI=1S/C31H33NO10.C3H4O.C2H6/c1-5-25(41-30(35)24-9-14-26(15-10-24)38-19-7-20-39-28(33)6-2)13-8-22(3)40-29(34)23-11-16-27(17-12-23)42-31(36)32-18-21-37-4;1-2-3-4;1-2/h5-6,8-17H,1-2,7,18-21H2,3-4H3,(H,32,36);2-3H,1H2;1-2H3/b22-8+,25-13+;;. The molecule has 0 spiro atoms. The summed E-state index contributed by atoms with van der Waals surface area (Å²) in [6.07, 6.45) is 7.00. The topological polar surface area (TPSA) is 153 Å². The van der Waals surface area contributed by atoms with Gasteiger partial charge < -0.3 is 33.7 Å². The molecule has 0 bridgehead atoms. The molecule has 1 N–H and O–H groups in total. The lowest BCUT2D eigenvalue weighted by atomic mass is 10.2. The maximum absolute atomic E-state index is 12.5. The molecule has 2 rings (SSSR count). The number of amides is 1. The number of hydrogen-bond acceptors (Lipinski definition) is 11. The molecule has 0 atom stereocenters. The van der Waals surface area contributed by atoms with Crippen LogP contribution >= 0.6 is 0 Å². The van der Waals surface area contributed by atoms with Crippen LogP contribution in [0.2, 0.25) is 0 Å². The number of rotatable bonds is 17. The summed E-state index contributed by atoms with van der Waals surface area (Å²) in [5, 5.41) is 2.51. The number of methoxy groups -OCH3 is 1. The summed E-state index contributed by atoms with van der Waals surface area (Å²) in [4.78, 5) is 56.7. The Morgan fingerprint density at radius 3 is 1.85 bits per heavy atom. The molecule has 2 aromatic rings. The molecule has 258 valence electrons. The van der Waals surface area contributed by atoms with Crippen LogP contribution < -0.4 is 14.8 Å². The van der Waals surface area contributed by atoms with Gasteiger partial charge in [0.05, 0.1) is 30.9 Å². The summed E-state index contributed by atoms with van der Waals surface area (Å²) >= 11 is 0. The average Bonchev–Trinajstić information content (AvgIpc) is 3.11. The fourth-order valence-electron chi connectivity index (χ4n) is 2.97. The lowest BCUT2D eigenvalue weighted by Crippen LogP contribution is -2.29. The van der Waals surface area contributed by atoms with E-state index in [-0.39, 0.29) is 35.0 Å². The zero-order valence-electron chi connectivity index (χ0n) is 27.7. The molecule has 0 fully saturated rings. The molecule has 1 amide bonds. The first-order chi connectivity index (χ1) is 23.2. The van der Waals surface area contributed by atoms with Gasteiger partial charge in [0.2, 0.25) is 0 Å². The van der Waals surface area contributed by atoms with E-state index < -0.39 is 24.0 Å². The van der Waals surface area contributed by atoms with Gasteiger partial charge in [-0.25, -0.2) is 19.2 Å². The van der Waals surface area contributed by atoms with Crippen molar-refractivity contribution in [1.82, 2.24) is 5.32 Å². The van der Waals surface area contributed by atoms with Crippen molar-refractivity contribution in [2.75, 3.05) is 33.5 Å². The molecule has 12 nitrogen and oxygen atoms in total. The first-order valence-electron chi connectivity index (χ1n) is 14.8. The van der Waals surface area contributed by atoms with E-state index in [1.165, 1.54) is 55.7 Å². The highest BCUT2D eigenvalue weighted by Gasteiger charge is 2.11. The van der Waals surface area contributed by atoms with E-state index >= 15 is 0 Å². The second kappa shape index (κ2) is 26.5. The highest BCUT2D eigenvalue weighted by Crippen LogP contribution is 2.16. The van der Waals surface area contributed by atoms with Crippen LogP contribution in [-0.4, -0.2) is 63.8 Å². The van der Waals surface area contributed by atoms with Crippen molar-refractivity contribution in [3.05, 3.63) is 121 Å². The van der Waals surface area contributed by atoms with Crippen molar-refractivity contribution in [2.24, 2.45) is 0 Å². The third kappa shape index (κ3) is 18.9. The maximum Gasteiger partial charge on any atom is 0.412 e. The highest BCUT2D eigenvalue weighted by atomic mass is 16.6. The van der Waals surface area contributed by atoms with Crippen LogP contribution in [0.25, 0.3) is 0 Å². The smallest absolute Gasteiger partial charge is 0.412 e. The van der Waals surface area contributed by atoms with Crippen LogP contribution in [0.15, 0.2) is 110 Å². The lowest BCUT2D eigenvalue weighted by Gasteiger charge is -2.08. The molecule has 48 heavy (non-hydrogen) atoms. The maximum atomic E-state index is 12.5. The van der Waals surface area contributed by atoms with Gasteiger partial charge in [0.1, 0.15) is 29.3 Å². The predicted octanol–water partition coefficient (Wildman–Crippen LogP) is 6.30. The molecule has 0 aliphatic rings. The van der Waals surface area contributed by atoms with E-state index in [1.807, 2.05) is 13.8 Å². The molecule has 0 aliphatic carbocycles. The van der Waals surface area contributed by atoms with Gasteiger partial charge in [0.15, 0.2) is 0 Å². The second-order valence-electron chi connectivity index (χ2n) is 8.63. The SMILES string of the molecule is C=CC(=O)OCCCOc1ccc(C(=O)O/C(C=C)=C/C=C(\C)OC(=O)c2ccc(OC(=O)NCCOC)cc2)cc1.C=CC=O.CC. The van der Waals surface area contributed by atoms with Crippen molar-refractivity contribution < 1.29 is 52.4 Å². The Morgan fingerprint density at radius 2 is 1.33 bits per heavy atom. The Morgan fingerprint density at radius 1 is 0.771 bits per heavy atom. The highest BCUT2D eigenvalue weighted by molar-refractivity contribution is 5.91. The van der Waals surface area contributed by atoms with Gasteiger partial charge in [0.25, 0.3) is 0 Å². The number of aldehydes is 1. The van der Waals surface area contributed by atoms with Crippen molar-refractivity contribution >= 4 is 30.3 Å². The average molecular weight is 666 g/mol. The van der Waals surface area contributed by atoms with Crippen LogP contribution in [0.5, 0.6) is 11.5 Å². The summed E-state index contributed by atoms with van der Waals surface area (Å²) in [7, 11) is 1.52. The number of allylic oxidation sites excluding steroid dienone is 5. The van der Waals surface area contributed by atoms with Crippen LogP contribution in [0.1, 0.15) is 47.9 Å². The minimum Gasteiger partial charge on any atom is -0.493 e. The molecule has 0 unspecified atom stereocenters. The quantitative estimate of drug-likeness (QED) is 0.0385. The van der Waals surface area contributed by atoms with Crippen molar-refractivity contribution in [3.63, 3.8) is 0 Å². The summed E-state index contributed by atoms with van der Waals surface area (Å²) in [5.41, 5.74) is 0.514. The summed E-state index contributed by atoms with van der Waals surface area (Å²) < 4.78 is 31.0. The van der Waals surface area contributed by atoms with Crippen molar-refractivity contribution in [1.29, 1.82) is 0 Å². The first kappa shape index (κ1) is 42.2. The summed E-state index contributed by atoms with van der Waals surface area (Å²) in [5.74, 6) is -0.600. The molecule has 2 aromatic carbocycles. The largest absolute Gasteiger partial charge is 0.493 e. The molecular formula is C36H43NO11. The number of carbonyl (C=O) groups excluding carboxylic acids is 5. The van der Waals surface area contributed by atoms with Gasteiger partial charge >= 0.3 is 24.0 Å². The molecule has 12 heteroatoms. The monoisotopic (exact) mass is 665 g/mol. The summed E-state index contributed by atoms with van der Waals surface area (Å²) in [6.45, 7) is 16.8. The number of nitrogens with one attached hydrogen (secondary N) is 1. The fraction of sp³-hybridized carbons (Fsp3) is 0.250. The number of ether oxygens (including phenoxy) is 6. The zero-order valence-corrected chi connectivity index (χ0v) is 27.7. The Bertz CT molecular complexity index is 1390. The van der Waals surface area contributed by atoms with Crippen LogP contribution in [-0.2, 0) is 28.5 Å². The van der Waals surface area contributed by atoms with Crippen molar-refractivity contribution in [3.8, 4) is 11.5 Å². The first-order valence-corrected chi connectivity index (χ1v) is 14.8. The number of hydrogen-bond donors (Lipinski definition) is 1. The van der Waals surface area contributed by atoms with Crippen LogP contribution in [0.3, 0.4) is 0 Å². The normalized spacial score (nSPS) is 10.2. The van der Waals surface area contributed by atoms with E-state index in [9.17, 15) is 19.2 Å². The van der Waals surface area contributed by atoms with E-state index in [4.69, 9.17) is 33.2 Å². The molecule has 0 aromatic heterocycles. The Kier molecular flexibility index (Phi) is 23.3. The number of benzene rings is 2. The van der Waals surface area contributed by atoms with Crippen LogP contribution in [0, 0.1) is 0 Å². The fourth-order valence-corrected chi connectivity index (χ4v) is 2.97. The molecule has 0 heterocycles. The van der Waals surface area contributed by atoms with Gasteiger partial charge in [-0.05, 0) is 79.8 Å². The lowest BCUT2D eigenvalue weighted by molar-refractivity contribution is -0.137. The number of esters is 3. The van der Waals surface area contributed by atoms with Crippen LogP contribution in [0.4, 0.5) is 4.79 Å². The Hall–Kier alpha value is -5.75. The molecule has 0 aliphatic heterocycles. The predicted molar refractivity (Wildman–Crippen MR) is 181 cm³/mol. The van der Waals surface area contributed by atoms with Gasteiger partial charge in [-0.1, -0.05) is 33.6 Å². The second-order valence-corrected chi connectivity index (χ2v) is 8.63. The van der Waals surface area contributed by atoms with Gasteiger partial charge in [-0.15, -0.1) is 0 Å². The van der Waals surface area contributed by atoms with E-state index in [0.717, 1.165) is 6.08 Å². The molecule has 0 saturated carbocycles. The summed E-state index contributed by atoms with van der Waals surface area (Å²) in [6, 6.07) is 12.2. The molecule has 0 saturated heterocycles. The van der Waals surface area contributed by atoms with Gasteiger partial charge in [-0.3, -0.25) is 4.79 Å². The van der Waals surface area contributed by atoms with Crippen molar-refractivity contribution in [2.45, 2.75) is 27.2 Å². The molecular weight excluding hydrogens is 622 g/mol. The Labute approximate surface area is 281 Å². The van der Waals surface area contributed by atoms with E-state index in [2.05, 4.69) is 25.1 Å². The minimum absolute atomic E-state index is 0.134. The number of carbonyl (C=O) groups is 5. The molecule has 0 radical (unpaired) electrons. The Balaban J connectivity index is 0.00000341. The zero-order chi connectivity index (χ0) is 36.2. The van der Waals surface area contributed by atoms with E-state index in [0.29, 0.717) is 38.2 Å². The minimum atomic E-state index is -0.643. The van der Waals surface area contributed by atoms with Gasteiger partial charge in [-0.2, -0.15) is 0 Å². The van der Waals surface area contributed by atoms with Gasteiger partial charge in [0, 0.05) is 26.2 Å². The third-order valence-electron chi connectivity index (χ3n) is 5.18. The third-order valence-corrected chi connectivity index (χ3v) is 5.18.